The number of carbonyl (C=O) groups excluding carboxylic acids is 4. The van der Waals surface area contributed by atoms with Crippen molar-refractivity contribution in [1.82, 2.24) is 10.2 Å². The summed E-state index contributed by atoms with van der Waals surface area (Å²) in [5.41, 5.74) is -0.533. The highest BCUT2D eigenvalue weighted by atomic mass is 79.9. The van der Waals surface area contributed by atoms with Crippen LogP contribution in [0.4, 0.5) is 11.4 Å². The van der Waals surface area contributed by atoms with E-state index in [2.05, 4.69) is 31.9 Å². The molecule has 46 heavy (non-hydrogen) atoms. The first-order valence-corrected chi connectivity index (χ1v) is 13.7. The number of fused-ring (bicyclic) bond motifs is 1. The van der Waals surface area contributed by atoms with Gasteiger partial charge >= 0.3 is 0 Å². The summed E-state index contributed by atoms with van der Waals surface area (Å²) in [6.07, 6.45) is -1.39. The van der Waals surface area contributed by atoms with E-state index in [0.717, 1.165) is 12.1 Å². The predicted octanol–water partition coefficient (Wildman–Crippen LogP) is 5.45. The average molecular weight is 717 g/mol. The van der Waals surface area contributed by atoms with Gasteiger partial charge in [0.25, 0.3) is 11.8 Å². The molecule has 3 aromatic rings. The third-order valence-corrected chi connectivity index (χ3v) is 7.25. The maximum absolute atomic E-state index is 14.2. The number of nitrogens with one attached hydrogen (secondary N) is 3. The van der Waals surface area contributed by atoms with Gasteiger partial charge in [-0.15, -0.1) is 0 Å². The molecule has 0 saturated heterocycles. The maximum atomic E-state index is 14.2. The van der Waals surface area contributed by atoms with Crippen LogP contribution in [0.3, 0.4) is 0 Å². The summed E-state index contributed by atoms with van der Waals surface area (Å²) in [7, 11) is -10.1. The maximum Gasteiger partial charge on any atom is 0.257 e. The summed E-state index contributed by atoms with van der Waals surface area (Å²) < 4.78 is 167. The second-order valence-electron chi connectivity index (χ2n) is 9.65. The van der Waals surface area contributed by atoms with E-state index in [4.69, 9.17) is 45.0 Å². The number of amides is 4. The van der Waals surface area contributed by atoms with Gasteiger partial charge in [-0.25, -0.2) is 0 Å². The van der Waals surface area contributed by atoms with Crippen molar-refractivity contribution < 1.29 is 64.2 Å². The SMILES string of the molecule is [2H]C([2H])([2H])Oc1cc(C(=O)Nc2cc3c(cc2Oc2cc(C)cc(C)c2)C(=O)N[C@@H](CC(=O)N(C([2H])([2H])C([2H])([2H])[2H])C([2H])([2H])C([2H])([2H])[2H])C(=O)N3)c(Br)c(OC([2H])([2H])[2H])c1OC([2H])([2H])[2H]. The summed E-state index contributed by atoms with van der Waals surface area (Å²) in [6, 6.07) is 5.48. The van der Waals surface area contributed by atoms with E-state index in [0.29, 0.717) is 17.2 Å². The normalized spacial score (nSPS) is 22.0. The number of benzene rings is 3. The number of aryl methyl sites for hydroxylation is 2. The second-order valence-corrected chi connectivity index (χ2v) is 10.4. The molecular weight excluding hydrogens is 660 g/mol. The van der Waals surface area contributed by atoms with Crippen LogP contribution in [-0.2, 0) is 9.59 Å². The van der Waals surface area contributed by atoms with Crippen molar-refractivity contribution >= 4 is 50.9 Å². The highest BCUT2D eigenvalue weighted by Gasteiger charge is 2.32. The Balaban J connectivity index is 1.88. The molecule has 3 aromatic carbocycles. The number of hydrogen-bond donors (Lipinski definition) is 3. The fourth-order valence-electron chi connectivity index (χ4n) is 4.47. The van der Waals surface area contributed by atoms with Gasteiger partial charge in [0.15, 0.2) is 17.2 Å². The number of carbonyl (C=O) groups is 4. The lowest BCUT2D eigenvalue weighted by molar-refractivity contribution is -0.133. The zero-order valence-electron chi connectivity index (χ0n) is 42.8. The number of hydrogen-bond acceptors (Lipinski definition) is 8. The highest BCUT2D eigenvalue weighted by Crippen LogP contribution is 2.45. The zero-order valence-corrected chi connectivity index (χ0v) is 25.4. The van der Waals surface area contributed by atoms with Gasteiger partial charge in [-0.05, 0) is 84.9 Å². The van der Waals surface area contributed by atoms with Crippen molar-refractivity contribution in [3.8, 4) is 28.7 Å². The van der Waals surface area contributed by atoms with Gasteiger partial charge in [0.05, 0.1) is 66.8 Å². The van der Waals surface area contributed by atoms with E-state index in [9.17, 15) is 19.2 Å². The van der Waals surface area contributed by atoms with Crippen molar-refractivity contribution in [3.05, 3.63) is 63.1 Å². The van der Waals surface area contributed by atoms with Crippen molar-refractivity contribution in [2.75, 3.05) is 44.7 Å². The third kappa shape index (κ3) is 7.20. The lowest BCUT2D eigenvalue weighted by Gasteiger charge is -2.21. The van der Waals surface area contributed by atoms with Crippen LogP contribution >= 0.6 is 15.9 Å². The van der Waals surface area contributed by atoms with E-state index in [1.54, 1.807) is 32.0 Å². The number of anilines is 2. The van der Waals surface area contributed by atoms with Crippen molar-refractivity contribution in [2.45, 2.75) is 40.0 Å². The minimum Gasteiger partial charge on any atom is -0.493 e. The standard InChI is InChI=1S/C33H37BrN4O8/c1-8-38(9-2)27(39)16-24-33(42)35-22-15-23(36-32(41)21-14-26(43-5)29(44-6)30(45-7)28(21)34)25(13-20(22)31(40)37-24)46-19-11-17(3)10-18(4)12-19/h10-15,24H,8-9,16H2,1-7H3,(H,35,42)(H,36,41)(H,37,40)/t24-/m0/s1/i1D3,2D3,5D3,6D3,7D3,8D2,9D2. The molecule has 1 aliphatic rings. The molecule has 244 valence electrons. The molecule has 0 aromatic heterocycles. The van der Waals surface area contributed by atoms with Gasteiger partial charge in [-0.1, -0.05) is 6.07 Å². The minimum absolute atomic E-state index is 0.126. The van der Waals surface area contributed by atoms with Gasteiger partial charge in [-0.2, -0.15) is 0 Å². The molecule has 0 radical (unpaired) electrons. The monoisotopic (exact) mass is 715 g/mol. The molecule has 1 atom stereocenters. The Kier molecular flexibility index (Phi) is 5.27. The van der Waals surface area contributed by atoms with Gasteiger partial charge in [0.1, 0.15) is 11.8 Å². The number of methoxy groups -OCH3 is 3. The molecule has 3 N–H and O–H groups in total. The van der Waals surface area contributed by atoms with Crippen LogP contribution in [-0.4, -0.2) is 68.7 Å². The van der Waals surface area contributed by atoms with Crippen molar-refractivity contribution in [3.63, 3.8) is 0 Å². The molecule has 1 aliphatic heterocycles. The average Bonchev–Trinajstić information content (AvgIpc) is 3.18. The van der Waals surface area contributed by atoms with Crippen LogP contribution in [0.5, 0.6) is 28.7 Å². The Morgan fingerprint density at radius 3 is 2.33 bits per heavy atom. The Labute approximate surface area is 302 Å². The number of rotatable bonds is 11. The number of halogens is 1. The molecule has 1 heterocycles. The fourth-order valence-corrected chi connectivity index (χ4v) is 5.02. The van der Waals surface area contributed by atoms with E-state index in [1.165, 1.54) is 0 Å². The van der Waals surface area contributed by atoms with E-state index in [-0.39, 0.29) is 17.2 Å². The summed E-state index contributed by atoms with van der Waals surface area (Å²) in [5.74, 6) is -8.81. The predicted molar refractivity (Wildman–Crippen MR) is 177 cm³/mol. The van der Waals surface area contributed by atoms with Crippen molar-refractivity contribution in [1.29, 1.82) is 0 Å². The van der Waals surface area contributed by atoms with Gasteiger partial charge in [0, 0.05) is 26.7 Å². The van der Waals surface area contributed by atoms with Crippen LogP contribution < -0.4 is 34.9 Å². The lowest BCUT2D eigenvalue weighted by atomic mass is 10.1. The van der Waals surface area contributed by atoms with Crippen LogP contribution in [0, 0.1) is 13.8 Å². The molecule has 0 aliphatic carbocycles. The molecule has 0 saturated carbocycles. The van der Waals surface area contributed by atoms with Crippen molar-refractivity contribution in [2.24, 2.45) is 0 Å². The van der Waals surface area contributed by atoms with Gasteiger partial charge < -0.3 is 39.8 Å². The summed E-state index contributed by atoms with van der Waals surface area (Å²) in [4.78, 5) is 54.6. The lowest BCUT2D eigenvalue weighted by Crippen LogP contribution is -2.45. The molecule has 12 nitrogen and oxygen atoms in total. The molecule has 4 amide bonds. The number of nitrogens with zero attached hydrogens (tertiary/aromatic N) is 1. The van der Waals surface area contributed by atoms with Gasteiger partial charge in [0.2, 0.25) is 17.6 Å². The fraction of sp³-hybridized carbons (Fsp3) is 0.333. The molecule has 13 heteroatoms. The molecular formula is C33H37BrN4O8. The highest BCUT2D eigenvalue weighted by molar-refractivity contribution is 9.10. The Morgan fingerprint density at radius 1 is 0.957 bits per heavy atom. The van der Waals surface area contributed by atoms with Crippen LogP contribution in [0.15, 0.2) is 40.9 Å². The van der Waals surface area contributed by atoms with Crippen LogP contribution in [0.1, 0.15) is 78.0 Å². The third-order valence-electron chi connectivity index (χ3n) is 6.47. The largest absolute Gasteiger partial charge is 0.493 e. The first-order valence-electron chi connectivity index (χ1n) is 22.4. The second kappa shape index (κ2) is 14.5. The smallest absolute Gasteiger partial charge is 0.257 e. The quantitative estimate of drug-likeness (QED) is 0.238. The van der Waals surface area contributed by atoms with E-state index >= 15 is 0 Å². The summed E-state index contributed by atoms with van der Waals surface area (Å²) in [6.45, 7) is -12.2. The van der Waals surface area contributed by atoms with Crippen LogP contribution in [0.25, 0.3) is 0 Å². The first-order chi connectivity index (χ1) is 29.2. The van der Waals surface area contributed by atoms with E-state index in [1.807, 2.05) is 0 Å². The molecule has 0 bridgehead atoms. The summed E-state index contributed by atoms with van der Waals surface area (Å²) >= 11 is 3.00. The summed E-state index contributed by atoms with van der Waals surface area (Å²) in [5, 5.41) is 6.90. The van der Waals surface area contributed by atoms with Crippen LogP contribution in [0.2, 0.25) is 0 Å². The van der Waals surface area contributed by atoms with E-state index < -0.39 is 127 Å². The number of ether oxygens (including phenoxy) is 4. The molecule has 4 rings (SSSR count). The Bertz CT molecular complexity index is 2340. The first kappa shape index (κ1) is 16.7. The zero-order chi connectivity index (χ0) is 49.8. The Morgan fingerprint density at radius 2 is 1.65 bits per heavy atom. The molecule has 0 spiro atoms. The molecule has 0 unspecified atom stereocenters. The minimum atomic E-state index is -3.97. The van der Waals surface area contributed by atoms with Gasteiger partial charge in [-0.3, -0.25) is 19.2 Å². The Hall–Kier alpha value is -4.78. The topological polar surface area (TPSA) is 145 Å². The molecule has 0 fully saturated rings.